The summed E-state index contributed by atoms with van der Waals surface area (Å²) in [6, 6.07) is 0. The highest BCUT2D eigenvalue weighted by molar-refractivity contribution is 4.45. The lowest BCUT2D eigenvalue weighted by atomic mass is 10.6. The Bertz CT molecular complexity index is 96.1. The van der Waals surface area contributed by atoms with Crippen molar-refractivity contribution in [1.29, 1.82) is 0 Å². The number of ether oxygens (including phenoxy) is 3. The van der Waals surface area contributed by atoms with Crippen molar-refractivity contribution in [3.8, 4) is 0 Å². The van der Waals surface area contributed by atoms with Gasteiger partial charge < -0.3 is 19.3 Å². The van der Waals surface area contributed by atoms with Crippen molar-refractivity contribution in [2.75, 3.05) is 54.0 Å². The van der Waals surface area contributed by atoms with Gasteiger partial charge in [-0.05, 0) is 0 Å². The first-order valence-electron chi connectivity index (χ1n) is 4.24. The Morgan fingerprint density at radius 2 is 1.69 bits per heavy atom. The Morgan fingerprint density at radius 3 is 2.15 bits per heavy atom. The van der Waals surface area contributed by atoms with E-state index in [2.05, 4.69) is 0 Å². The topological polar surface area (TPSA) is 51.2 Å². The van der Waals surface area contributed by atoms with Gasteiger partial charge in [0, 0.05) is 20.8 Å². The minimum atomic E-state index is 0.0640. The van der Waals surface area contributed by atoms with E-state index in [1.807, 2.05) is 4.90 Å². The van der Waals surface area contributed by atoms with E-state index in [1.165, 1.54) is 0 Å². The van der Waals surface area contributed by atoms with Crippen LogP contribution in [0, 0.1) is 0 Å². The molecule has 0 amide bonds. The second-order valence-corrected chi connectivity index (χ2v) is 2.57. The fourth-order valence-electron chi connectivity index (χ4n) is 0.892. The maximum atomic E-state index is 8.45. The van der Waals surface area contributed by atoms with Crippen LogP contribution >= 0.6 is 0 Å². The van der Waals surface area contributed by atoms with Gasteiger partial charge in [-0.15, -0.1) is 0 Å². The minimum absolute atomic E-state index is 0.0640. The first-order chi connectivity index (χ1) is 6.35. The molecule has 0 unspecified atom stereocenters. The zero-order valence-electron chi connectivity index (χ0n) is 8.36. The van der Waals surface area contributed by atoms with E-state index in [4.69, 9.17) is 19.3 Å². The van der Waals surface area contributed by atoms with E-state index in [0.29, 0.717) is 26.7 Å². The van der Waals surface area contributed by atoms with Gasteiger partial charge in [0.25, 0.3) is 0 Å². The molecule has 0 saturated carbocycles. The third kappa shape index (κ3) is 8.14. The van der Waals surface area contributed by atoms with Crippen molar-refractivity contribution in [3.63, 3.8) is 0 Å². The predicted molar refractivity (Wildman–Crippen MR) is 48.4 cm³/mol. The van der Waals surface area contributed by atoms with Crippen molar-refractivity contribution in [3.05, 3.63) is 0 Å². The van der Waals surface area contributed by atoms with Gasteiger partial charge in [0.2, 0.25) is 0 Å². The number of methoxy groups -OCH3 is 2. The Kier molecular flexibility index (Phi) is 9.73. The zero-order valence-corrected chi connectivity index (χ0v) is 8.36. The standard InChI is InChI=1S/C8H19NO4/c1-11-7-9(8-12-2)3-5-13-6-4-10/h10H,3-8H2,1-2H3. The number of rotatable bonds is 9. The van der Waals surface area contributed by atoms with E-state index < -0.39 is 0 Å². The molecule has 0 radical (unpaired) electrons. The molecule has 0 bridgehead atoms. The molecule has 1 N–H and O–H groups in total. The van der Waals surface area contributed by atoms with Gasteiger partial charge in [0.1, 0.15) is 13.5 Å². The smallest absolute Gasteiger partial charge is 0.100 e. The number of hydrogen-bond acceptors (Lipinski definition) is 5. The second-order valence-electron chi connectivity index (χ2n) is 2.57. The van der Waals surface area contributed by atoms with Gasteiger partial charge in [-0.2, -0.15) is 0 Å². The Hall–Kier alpha value is -0.200. The van der Waals surface area contributed by atoms with Gasteiger partial charge in [-0.1, -0.05) is 0 Å². The summed E-state index contributed by atoms with van der Waals surface area (Å²) in [7, 11) is 3.27. The summed E-state index contributed by atoms with van der Waals surface area (Å²) in [5.41, 5.74) is 0. The molecule has 0 aliphatic rings. The second kappa shape index (κ2) is 9.88. The average Bonchev–Trinajstić information content (AvgIpc) is 2.13. The summed E-state index contributed by atoms with van der Waals surface area (Å²) < 4.78 is 15.0. The maximum absolute atomic E-state index is 8.45. The summed E-state index contributed by atoms with van der Waals surface area (Å²) in [5, 5.41) is 8.45. The molecule has 0 aliphatic heterocycles. The lowest BCUT2D eigenvalue weighted by molar-refractivity contribution is -0.0302. The molecule has 80 valence electrons. The number of hydrogen-bond donors (Lipinski definition) is 1. The van der Waals surface area contributed by atoms with Gasteiger partial charge in [-0.3, -0.25) is 4.90 Å². The highest BCUT2D eigenvalue weighted by Crippen LogP contribution is 1.88. The van der Waals surface area contributed by atoms with E-state index in [-0.39, 0.29) is 6.61 Å². The van der Waals surface area contributed by atoms with Crippen LogP contribution in [0.15, 0.2) is 0 Å². The Labute approximate surface area is 79.2 Å². The monoisotopic (exact) mass is 193 g/mol. The molecule has 0 heterocycles. The van der Waals surface area contributed by atoms with Gasteiger partial charge in [-0.25, -0.2) is 0 Å². The normalized spacial score (nSPS) is 11.1. The molecular weight excluding hydrogens is 174 g/mol. The Balaban J connectivity index is 3.33. The molecule has 0 fully saturated rings. The molecule has 5 nitrogen and oxygen atoms in total. The van der Waals surface area contributed by atoms with Gasteiger partial charge in [0.15, 0.2) is 0 Å². The summed E-state index contributed by atoms with van der Waals surface area (Å²) >= 11 is 0. The molecular formula is C8H19NO4. The van der Waals surface area contributed by atoms with Crippen molar-refractivity contribution < 1.29 is 19.3 Å². The van der Waals surface area contributed by atoms with Crippen molar-refractivity contribution in [2.45, 2.75) is 0 Å². The van der Waals surface area contributed by atoms with E-state index in [9.17, 15) is 0 Å². The van der Waals surface area contributed by atoms with Crippen LogP contribution in [0.2, 0.25) is 0 Å². The summed E-state index contributed by atoms with van der Waals surface area (Å²) in [5.74, 6) is 0. The summed E-state index contributed by atoms with van der Waals surface area (Å²) in [6.07, 6.45) is 0. The molecule has 0 rings (SSSR count). The average molecular weight is 193 g/mol. The van der Waals surface area contributed by atoms with Crippen LogP contribution in [0.3, 0.4) is 0 Å². The van der Waals surface area contributed by atoms with Crippen LogP contribution in [0.5, 0.6) is 0 Å². The highest BCUT2D eigenvalue weighted by Gasteiger charge is 2.02. The fourth-order valence-corrected chi connectivity index (χ4v) is 0.892. The van der Waals surface area contributed by atoms with Crippen LogP contribution in [0.1, 0.15) is 0 Å². The minimum Gasteiger partial charge on any atom is -0.394 e. The molecule has 0 spiro atoms. The highest BCUT2D eigenvalue weighted by atomic mass is 16.5. The maximum Gasteiger partial charge on any atom is 0.100 e. The van der Waals surface area contributed by atoms with Crippen LogP contribution < -0.4 is 0 Å². The van der Waals surface area contributed by atoms with Gasteiger partial charge >= 0.3 is 0 Å². The van der Waals surface area contributed by atoms with E-state index >= 15 is 0 Å². The summed E-state index contributed by atoms with van der Waals surface area (Å²) in [4.78, 5) is 1.96. The molecule has 0 aromatic carbocycles. The van der Waals surface area contributed by atoms with Crippen molar-refractivity contribution in [2.24, 2.45) is 0 Å². The number of aliphatic hydroxyl groups excluding tert-OH is 1. The predicted octanol–water partition coefficient (Wildman–Crippen LogP) is -0.495. The SMILES string of the molecule is COCN(CCOCCO)COC. The fraction of sp³-hybridized carbons (Fsp3) is 1.00. The summed E-state index contributed by atoms with van der Waals surface area (Å²) in [6.45, 7) is 2.81. The first kappa shape index (κ1) is 12.8. The van der Waals surface area contributed by atoms with Crippen LogP contribution in [-0.2, 0) is 14.2 Å². The largest absolute Gasteiger partial charge is 0.394 e. The lowest BCUT2D eigenvalue weighted by Gasteiger charge is -2.19. The van der Waals surface area contributed by atoms with Crippen LogP contribution in [-0.4, -0.2) is 64.1 Å². The van der Waals surface area contributed by atoms with E-state index in [1.54, 1.807) is 14.2 Å². The van der Waals surface area contributed by atoms with Crippen molar-refractivity contribution in [1.82, 2.24) is 4.90 Å². The molecule has 5 heteroatoms. The van der Waals surface area contributed by atoms with Crippen LogP contribution in [0.4, 0.5) is 0 Å². The van der Waals surface area contributed by atoms with E-state index in [0.717, 1.165) is 6.54 Å². The van der Waals surface area contributed by atoms with Crippen molar-refractivity contribution >= 4 is 0 Å². The lowest BCUT2D eigenvalue weighted by Crippen LogP contribution is -2.31. The first-order valence-corrected chi connectivity index (χ1v) is 4.24. The molecule has 13 heavy (non-hydrogen) atoms. The quantitative estimate of drug-likeness (QED) is 0.395. The third-order valence-electron chi connectivity index (χ3n) is 1.41. The number of aliphatic hydroxyl groups is 1. The third-order valence-corrected chi connectivity index (χ3v) is 1.41. The molecule has 0 aromatic rings. The van der Waals surface area contributed by atoms with Gasteiger partial charge in [0.05, 0.1) is 19.8 Å². The Morgan fingerprint density at radius 1 is 1.08 bits per heavy atom. The zero-order chi connectivity index (χ0) is 9.94. The van der Waals surface area contributed by atoms with Crippen LogP contribution in [0.25, 0.3) is 0 Å². The molecule has 0 atom stereocenters. The number of nitrogens with zero attached hydrogens (tertiary/aromatic N) is 1. The molecule has 0 saturated heterocycles. The molecule has 0 aliphatic carbocycles. The molecule has 0 aromatic heterocycles.